The molecule has 1 aromatic heterocycles. The van der Waals surface area contributed by atoms with Crippen LogP contribution in [0.25, 0.3) is 11.8 Å². The van der Waals surface area contributed by atoms with Crippen LogP contribution in [-0.4, -0.2) is 43.3 Å². The van der Waals surface area contributed by atoms with Gasteiger partial charge in [-0.1, -0.05) is 31.6 Å². The fraction of sp³-hybridized carbons (Fsp3) is 0.594. The number of nitriles is 1. The highest BCUT2D eigenvalue weighted by Crippen LogP contribution is 2.71. The first-order valence-corrected chi connectivity index (χ1v) is 14.8. The maximum absolute atomic E-state index is 13.6. The Morgan fingerprint density at radius 1 is 1.25 bits per heavy atom. The zero-order valence-corrected chi connectivity index (χ0v) is 24.3. The lowest BCUT2D eigenvalue weighted by Gasteiger charge is -2.61. The van der Waals surface area contributed by atoms with Gasteiger partial charge in [0.1, 0.15) is 11.4 Å². The third kappa shape index (κ3) is 3.35. The Kier molecular flexibility index (Phi) is 5.65. The monoisotopic (exact) mass is 561 g/mol. The molecular weight excluding hydrogens is 525 g/mol. The van der Waals surface area contributed by atoms with Crippen molar-refractivity contribution in [3.8, 4) is 11.8 Å². The van der Waals surface area contributed by atoms with Gasteiger partial charge in [0.05, 0.1) is 42.3 Å². The number of aliphatic hydroxyl groups excluding tert-OH is 1. The van der Waals surface area contributed by atoms with E-state index in [1.54, 1.807) is 12.1 Å². The predicted molar refractivity (Wildman–Crippen MR) is 152 cm³/mol. The van der Waals surface area contributed by atoms with E-state index in [9.17, 15) is 14.8 Å². The molecule has 6 nitrogen and oxygen atoms in total. The third-order valence-corrected chi connectivity index (χ3v) is 11.6. The maximum Gasteiger partial charge on any atom is 0.164 e. The van der Waals surface area contributed by atoms with Gasteiger partial charge in [-0.2, -0.15) is 10.4 Å². The van der Waals surface area contributed by atoms with Crippen LogP contribution >= 0.6 is 12.2 Å². The van der Waals surface area contributed by atoms with Crippen molar-refractivity contribution in [1.29, 1.82) is 5.26 Å². The van der Waals surface area contributed by atoms with Crippen molar-refractivity contribution in [3.05, 3.63) is 53.1 Å². The minimum atomic E-state index is -0.856. The van der Waals surface area contributed by atoms with Crippen molar-refractivity contribution in [2.45, 2.75) is 89.8 Å². The molecule has 40 heavy (non-hydrogen) atoms. The molecule has 2 heterocycles. The summed E-state index contributed by atoms with van der Waals surface area (Å²) in [5.74, 6) is -0.425. The second kappa shape index (κ2) is 8.54. The van der Waals surface area contributed by atoms with Crippen molar-refractivity contribution < 1.29 is 19.0 Å². The molecule has 4 aliphatic carbocycles. The fourth-order valence-corrected chi connectivity index (χ4v) is 10.2. The average Bonchev–Trinajstić information content (AvgIpc) is 3.49. The number of rotatable bonds is 3. The molecule has 8 atom stereocenters. The van der Waals surface area contributed by atoms with Gasteiger partial charge >= 0.3 is 0 Å². The van der Waals surface area contributed by atoms with Crippen molar-refractivity contribution in [3.63, 3.8) is 0 Å². The number of aliphatic hydroxyl groups is 1. The van der Waals surface area contributed by atoms with Gasteiger partial charge in [0.2, 0.25) is 0 Å². The number of hydrogen-bond acceptors (Lipinski definition) is 6. The largest absolute Gasteiger partial charge is 0.393 e. The summed E-state index contributed by atoms with van der Waals surface area (Å²) in [6.45, 7) is 8.40. The highest BCUT2D eigenvalue weighted by Gasteiger charge is 2.75. The van der Waals surface area contributed by atoms with Crippen molar-refractivity contribution in [2.24, 2.45) is 28.6 Å². The smallest absolute Gasteiger partial charge is 0.164 e. The Morgan fingerprint density at radius 2 is 2.00 bits per heavy atom. The molecule has 1 saturated heterocycles. The summed E-state index contributed by atoms with van der Waals surface area (Å²) in [4.78, 5) is 0.611. The van der Waals surface area contributed by atoms with E-state index in [2.05, 4.69) is 31.1 Å². The number of fused-ring (bicyclic) bond motifs is 8. The average molecular weight is 562 g/mol. The lowest BCUT2D eigenvalue weighted by Crippen LogP contribution is -2.63. The van der Waals surface area contributed by atoms with E-state index in [0.717, 1.165) is 42.6 Å². The molecule has 5 aliphatic rings. The molecule has 0 bridgehead atoms. The normalized spacial score (nSPS) is 40.6. The van der Waals surface area contributed by atoms with Crippen LogP contribution < -0.4 is 0 Å². The number of benzene rings is 1. The molecule has 2 aromatic rings. The van der Waals surface area contributed by atoms with E-state index in [0.29, 0.717) is 11.3 Å². The van der Waals surface area contributed by atoms with Crippen molar-refractivity contribution in [2.75, 3.05) is 0 Å². The minimum absolute atomic E-state index is 0.0846. The van der Waals surface area contributed by atoms with Crippen LogP contribution in [0.3, 0.4) is 0 Å². The van der Waals surface area contributed by atoms with Crippen molar-refractivity contribution in [1.82, 2.24) is 9.78 Å². The molecule has 1 aromatic carbocycles. The van der Waals surface area contributed by atoms with Gasteiger partial charge in [0, 0.05) is 10.3 Å². The van der Waals surface area contributed by atoms with Crippen molar-refractivity contribution >= 4 is 23.2 Å². The van der Waals surface area contributed by atoms with Gasteiger partial charge in [-0.05, 0) is 105 Å². The molecule has 4 fully saturated rings. The summed E-state index contributed by atoms with van der Waals surface area (Å²) < 4.78 is 28.7. The van der Waals surface area contributed by atoms with E-state index in [1.165, 1.54) is 17.7 Å². The molecule has 0 radical (unpaired) electrons. The van der Waals surface area contributed by atoms with Crippen LogP contribution in [0.15, 0.2) is 36.0 Å². The predicted octanol–water partition coefficient (Wildman–Crippen LogP) is 5.95. The van der Waals surface area contributed by atoms with Gasteiger partial charge in [-0.15, -0.1) is 0 Å². The van der Waals surface area contributed by atoms with Gasteiger partial charge < -0.3 is 14.6 Å². The highest BCUT2D eigenvalue weighted by atomic mass is 32.1. The van der Waals surface area contributed by atoms with Crippen LogP contribution in [0.5, 0.6) is 0 Å². The Hall–Kier alpha value is -2.44. The number of ether oxygens (including phenoxy) is 2. The van der Waals surface area contributed by atoms with E-state index >= 15 is 0 Å². The highest BCUT2D eigenvalue weighted by molar-refractivity contribution is 7.80. The lowest BCUT2D eigenvalue weighted by molar-refractivity contribution is -0.211. The standard InChI is InChI=1S/C32H36FN3O3S/c1-29(2)38-26-14-23-22-10-5-19-13-24-18(17-35-36(24)21-8-6-20(33)7-9-21)15-30(19,3)28(22)25(37)16-31(23,4)32(26,39-29)27(40)11-12-34/h6-9,13,17,22-23,25-26,28,37H,5,10-11,14-16H2,1-4H3/t22-,23-,25-,26+,28+,30-,31-,32-/m0/s1. The second-order valence-electron chi connectivity index (χ2n) is 13.6. The van der Waals surface area contributed by atoms with Crippen LogP contribution in [0.4, 0.5) is 4.39 Å². The molecule has 0 unspecified atom stereocenters. The van der Waals surface area contributed by atoms with Gasteiger partial charge in [-0.3, -0.25) is 0 Å². The van der Waals surface area contributed by atoms with Gasteiger partial charge in [-0.25, -0.2) is 9.07 Å². The molecular formula is C32H36FN3O3S. The number of thiocarbonyl (C=S) groups is 1. The number of allylic oxidation sites excluding steroid dienone is 1. The van der Waals surface area contributed by atoms with Crippen LogP contribution in [-0.2, 0) is 15.9 Å². The summed E-state index contributed by atoms with van der Waals surface area (Å²) in [5.41, 5.74) is 2.91. The van der Waals surface area contributed by atoms with E-state index in [4.69, 9.17) is 21.7 Å². The molecule has 7 rings (SSSR count). The summed E-state index contributed by atoms with van der Waals surface area (Å²) in [7, 11) is 0. The SMILES string of the molecule is CC1(C)O[C@@H]2C[C@H]3[C@@H]4CCC5=Cc6c(cnn6-c6ccc(F)cc6)C[C@]5(C)[C@H]4[C@@H](O)C[C@]3(C)[C@]2(C(=S)CC#N)O1. The minimum Gasteiger partial charge on any atom is -0.393 e. The zero-order chi connectivity index (χ0) is 28.2. The Labute approximate surface area is 240 Å². The lowest BCUT2D eigenvalue weighted by atomic mass is 9.45. The first kappa shape index (κ1) is 26.5. The number of nitrogens with zero attached hydrogens (tertiary/aromatic N) is 3. The van der Waals surface area contributed by atoms with Crippen LogP contribution in [0.2, 0.25) is 0 Å². The number of hydrogen-bond donors (Lipinski definition) is 1. The fourth-order valence-electron chi connectivity index (χ4n) is 9.77. The molecule has 1 aliphatic heterocycles. The molecule has 8 heteroatoms. The quantitative estimate of drug-likeness (QED) is 0.467. The summed E-state index contributed by atoms with van der Waals surface area (Å²) in [5, 5.41) is 26.3. The molecule has 0 spiro atoms. The van der Waals surface area contributed by atoms with E-state index < -0.39 is 22.9 Å². The second-order valence-corrected chi connectivity index (χ2v) is 14.1. The first-order chi connectivity index (χ1) is 18.9. The van der Waals surface area contributed by atoms with E-state index in [1.807, 2.05) is 24.7 Å². The Morgan fingerprint density at radius 3 is 2.73 bits per heavy atom. The number of halogens is 1. The zero-order valence-electron chi connectivity index (χ0n) is 23.5. The Balaban J connectivity index is 1.26. The maximum atomic E-state index is 13.6. The topological polar surface area (TPSA) is 80.3 Å². The van der Waals surface area contributed by atoms with Crippen LogP contribution in [0, 0.1) is 45.7 Å². The van der Waals surface area contributed by atoms with E-state index in [-0.39, 0.29) is 41.5 Å². The summed E-state index contributed by atoms with van der Waals surface area (Å²) >= 11 is 5.93. The molecule has 3 saturated carbocycles. The molecule has 1 N–H and O–H groups in total. The first-order valence-electron chi connectivity index (χ1n) is 14.4. The summed E-state index contributed by atoms with van der Waals surface area (Å²) in [6.07, 6.45) is 7.68. The van der Waals surface area contributed by atoms with Gasteiger partial charge in [0.15, 0.2) is 5.79 Å². The Bertz CT molecular complexity index is 1480. The summed E-state index contributed by atoms with van der Waals surface area (Å²) in [6, 6.07) is 8.69. The number of aromatic nitrogens is 2. The van der Waals surface area contributed by atoms with Gasteiger partial charge in [0.25, 0.3) is 0 Å². The van der Waals surface area contributed by atoms with Crippen LogP contribution in [0.1, 0.15) is 71.1 Å². The molecule has 0 amide bonds. The molecule has 210 valence electrons. The third-order valence-electron chi connectivity index (χ3n) is 11.1.